The van der Waals surface area contributed by atoms with E-state index in [1.807, 2.05) is 23.6 Å². The van der Waals surface area contributed by atoms with Gasteiger partial charge in [-0.25, -0.2) is 4.98 Å². The van der Waals surface area contributed by atoms with E-state index in [0.717, 1.165) is 37.2 Å². The lowest BCUT2D eigenvalue weighted by atomic mass is 9.99. The third-order valence-corrected chi connectivity index (χ3v) is 4.90. The molecule has 1 aliphatic heterocycles. The van der Waals surface area contributed by atoms with Crippen molar-refractivity contribution in [2.75, 3.05) is 25.5 Å². The SMILES string of the molecule is COc1ccc(-c2csc(NC(=O)C3CCCNC3)n2)cc1Cl. The summed E-state index contributed by atoms with van der Waals surface area (Å²) in [6.07, 6.45) is 1.96. The van der Waals surface area contributed by atoms with E-state index in [1.54, 1.807) is 7.11 Å². The van der Waals surface area contributed by atoms with Gasteiger partial charge in [0.25, 0.3) is 0 Å². The maximum absolute atomic E-state index is 12.2. The molecule has 1 fully saturated rings. The highest BCUT2D eigenvalue weighted by Crippen LogP contribution is 2.31. The molecule has 1 aliphatic rings. The highest BCUT2D eigenvalue weighted by atomic mass is 35.5. The molecule has 2 N–H and O–H groups in total. The third kappa shape index (κ3) is 3.83. The van der Waals surface area contributed by atoms with Crippen LogP contribution >= 0.6 is 22.9 Å². The number of ether oxygens (including phenoxy) is 1. The number of benzene rings is 1. The monoisotopic (exact) mass is 351 g/mol. The zero-order valence-electron chi connectivity index (χ0n) is 12.8. The van der Waals surface area contributed by atoms with Crippen molar-refractivity contribution >= 4 is 34.0 Å². The molecule has 7 heteroatoms. The summed E-state index contributed by atoms with van der Waals surface area (Å²) in [4.78, 5) is 16.7. The van der Waals surface area contributed by atoms with E-state index >= 15 is 0 Å². The van der Waals surface area contributed by atoms with E-state index in [4.69, 9.17) is 16.3 Å². The summed E-state index contributed by atoms with van der Waals surface area (Å²) in [6, 6.07) is 5.52. The summed E-state index contributed by atoms with van der Waals surface area (Å²) in [7, 11) is 1.58. The molecule has 122 valence electrons. The quantitative estimate of drug-likeness (QED) is 0.886. The number of halogens is 1. The van der Waals surface area contributed by atoms with Crippen LogP contribution < -0.4 is 15.4 Å². The average Bonchev–Trinajstić information content (AvgIpc) is 3.04. The Kier molecular flexibility index (Phi) is 5.15. The van der Waals surface area contributed by atoms with Crippen molar-refractivity contribution in [1.82, 2.24) is 10.3 Å². The van der Waals surface area contributed by atoms with Gasteiger partial charge in [0.15, 0.2) is 5.13 Å². The number of methoxy groups -OCH3 is 1. The second-order valence-electron chi connectivity index (χ2n) is 5.42. The Morgan fingerprint density at radius 2 is 2.39 bits per heavy atom. The Morgan fingerprint density at radius 3 is 3.09 bits per heavy atom. The molecule has 2 heterocycles. The highest BCUT2D eigenvalue weighted by molar-refractivity contribution is 7.14. The van der Waals surface area contributed by atoms with Crippen LogP contribution in [-0.2, 0) is 4.79 Å². The third-order valence-electron chi connectivity index (χ3n) is 3.85. The number of hydrogen-bond acceptors (Lipinski definition) is 5. The number of thiazole rings is 1. The van der Waals surface area contributed by atoms with Gasteiger partial charge < -0.3 is 15.4 Å². The molecular weight excluding hydrogens is 334 g/mol. The van der Waals surface area contributed by atoms with Crippen LogP contribution in [-0.4, -0.2) is 31.1 Å². The molecule has 1 saturated heterocycles. The van der Waals surface area contributed by atoms with Crippen molar-refractivity contribution in [3.63, 3.8) is 0 Å². The fourth-order valence-corrected chi connectivity index (χ4v) is 3.55. The first-order valence-corrected chi connectivity index (χ1v) is 8.74. The van der Waals surface area contributed by atoms with Crippen molar-refractivity contribution in [1.29, 1.82) is 0 Å². The maximum atomic E-state index is 12.2. The molecule has 23 heavy (non-hydrogen) atoms. The molecule has 5 nitrogen and oxygen atoms in total. The van der Waals surface area contributed by atoms with E-state index in [2.05, 4.69) is 15.6 Å². The number of piperidine rings is 1. The minimum Gasteiger partial charge on any atom is -0.495 e. The number of carbonyl (C=O) groups excluding carboxylic acids is 1. The van der Waals surface area contributed by atoms with Crippen LogP contribution in [0, 0.1) is 5.92 Å². The zero-order valence-corrected chi connectivity index (χ0v) is 14.3. The van der Waals surface area contributed by atoms with Gasteiger partial charge in [-0.05, 0) is 37.6 Å². The lowest BCUT2D eigenvalue weighted by Gasteiger charge is -2.21. The summed E-state index contributed by atoms with van der Waals surface area (Å²) >= 11 is 7.56. The first kappa shape index (κ1) is 16.2. The molecule has 0 bridgehead atoms. The van der Waals surface area contributed by atoms with Gasteiger partial charge in [0.1, 0.15) is 5.75 Å². The normalized spacial score (nSPS) is 17.7. The van der Waals surface area contributed by atoms with Gasteiger partial charge >= 0.3 is 0 Å². The number of carbonyl (C=O) groups is 1. The Hall–Kier alpha value is -1.63. The van der Waals surface area contributed by atoms with Crippen LogP contribution in [0.1, 0.15) is 12.8 Å². The summed E-state index contributed by atoms with van der Waals surface area (Å²) < 4.78 is 5.15. The summed E-state index contributed by atoms with van der Waals surface area (Å²) in [5.74, 6) is 0.682. The van der Waals surface area contributed by atoms with Crippen LogP contribution in [0.2, 0.25) is 5.02 Å². The van der Waals surface area contributed by atoms with Crippen molar-refractivity contribution in [2.24, 2.45) is 5.92 Å². The minimum atomic E-state index is 0.0199. The highest BCUT2D eigenvalue weighted by Gasteiger charge is 2.21. The van der Waals surface area contributed by atoms with Crippen LogP contribution in [0.3, 0.4) is 0 Å². The van der Waals surface area contributed by atoms with Crippen LogP contribution in [0.15, 0.2) is 23.6 Å². The lowest BCUT2D eigenvalue weighted by molar-refractivity contribution is -0.120. The molecule has 0 spiro atoms. The molecule has 1 amide bonds. The maximum Gasteiger partial charge on any atom is 0.230 e. The minimum absolute atomic E-state index is 0.0199. The van der Waals surface area contributed by atoms with Gasteiger partial charge in [0.2, 0.25) is 5.91 Å². The van der Waals surface area contributed by atoms with E-state index in [0.29, 0.717) is 15.9 Å². The second-order valence-corrected chi connectivity index (χ2v) is 6.69. The summed E-state index contributed by atoms with van der Waals surface area (Å²) in [5.41, 5.74) is 1.68. The summed E-state index contributed by atoms with van der Waals surface area (Å²) in [5, 5.41) is 9.22. The number of aromatic nitrogens is 1. The molecule has 1 atom stereocenters. The standard InChI is InChI=1S/C16H18ClN3O2S/c1-22-14-5-4-10(7-12(14)17)13-9-23-16(19-13)20-15(21)11-3-2-6-18-8-11/h4-5,7,9,11,18H,2-3,6,8H2,1H3,(H,19,20,21). The van der Waals surface area contributed by atoms with E-state index in [1.165, 1.54) is 11.3 Å². The molecule has 3 rings (SSSR count). The van der Waals surface area contributed by atoms with Crippen LogP contribution in [0.4, 0.5) is 5.13 Å². The predicted octanol–water partition coefficient (Wildman–Crippen LogP) is 3.41. The topological polar surface area (TPSA) is 63.2 Å². The van der Waals surface area contributed by atoms with Crippen molar-refractivity contribution in [3.8, 4) is 17.0 Å². The smallest absolute Gasteiger partial charge is 0.230 e. The van der Waals surface area contributed by atoms with Crippen LogP contribution in [0.25, 0.3) is 11.3 Å². The second kappa shape index (κ2) is 7.29. The fourth-order valence-electron chi connectivity index (χ4n) is 2.57. The Labute approximate surface area is 144 Å². The number of anilines is 1. The lowest BCUT2D eigenvalue weighted by Crippen LogP contribution is -2.37. The molecule has 2 aromatic rings. The fraction of sp³-hybridized carbons (Fsp3) is 0.375. The predicted molar refractivity (Wildman–Crippen MR) is 93.3 cm³/mol. The molecular formula is C16H18ClN3O2S. The molecule has 0 radical (unpaired) electrons. The van der Waals surface area contributed by atoms with E-state index in [-0.39, 0.29) is 11.8 Å². The first-order valence-electron chi connectivity index (χ1n) is 7.48. The largest absolute Gasteiger partial charge is 0.495 e. The Morgan fingerprint density at radius 1 is 1.52 bits per heavy atom. The van der Waals surface area contributed by atoms with Gasteiger partial charge in [-0.1, -0.05) is 11.6 Å². The number of amides is 1. The number of nitrogens with one attached hydrogen (secondary N) is 2. The van der Waals surface area contributed by atoms with Crippen molar-refractivity contribution < 1.29 is 9.53 Å². The van der Waals surface area contributed by atoms with Gasteiger partial charge in [-0.15, -0.1) is 11.3 Å². The number of rotatable bonds is 4. The summed E-state index contributed by atoms with van der Waals surface area (Å²) in [6.45, 7) is 1.72. The zero-order chi connectivity index (χ0) is 16.2. The average molecular weight is 352 g/mol. The Balaban J connectivity index is 1.70. The molecule has 1 aromatic heterocycles. The van der Waals surface area contributed by atoms with E-state index < -0.39 is 0 Å². The molecule has 1 aromatic carbocycles. The van der Waals surface area contributed by atoms with Gasteiger partial charge in [-0.2, -0.15) is 0 Å². The first-order chi connectivity index (χ1) is 11.2. The number of hydrogen-bond donors (Lipinski definition) is 2. The molecule has 0 saturated carbocycles. The van der Waals surface area contributed by atoms with Gasteiger partial charge in [-0.3, -0.25) is 4.79 Å². The van der Waals surface area contributed by atoms with Gasteiger partial charge in [0.05, 0.1) is 23.7 Å². The van der Waals surface area contributed by atoms with Gasteiger partial charge in [0, 0.05) is 17.5 Å². The van der Waals surface area contributed by atoms with Crippen molar-refractivity contribution in [2.45, 2.75) is 12.8 Å². The molecule has 1 unspecified atom stereocenters. The molecule has 0 aliphatic carbocycles. The number of nitrogens with zero attached hydrogens (tertiary/aromatic N) is 1. The van der Waals surface area contributed by atoms with Crippen LogP contribution in [0.5, 0.6) is 5.75 Å². The Bertz CT molecular complexity index is 698. The van der Waals surface area contributed by atoms with E-state index in [9.17, 15) is 4.79 Å². The van der Waals surface area contributed by atoms with Crippen molar-refractivity contribution in [3.05, 3.63) is 28.6 Å².